The molecule has 0 unspecified atom stereocenters. The summed E-state index contributed by atoms with van der Waals surface area (Å²) in [6.45, 7) is 4.39. The zero-order chi connectivity index (χ0) is 11.3. The van der Waals surface area contributed by atoms with Gasteiger partial charge in [0.2, 0.25) is 0 Å². The van der Waals surface area contributed by atoms with Crippen LogP contribution in [-0.4, -0.2) is 4.57 Å². The Hall–Kier alpha value is -1.76. The molecule has 16 heavy (non-hydrogen) atoms. The largest absolute Gasteiger partial charge is 0.344 e. The smallest absolute Gasteiger partial charge is 0.0491 e. The van der Waals surface area contributed by atoms with Crippen molar-refractivity contribution < 1.29 is 0 Å². The van der Waals surface area contributed by atoms with Crippen molar-refractivity contribution in [2.75, 3.05) is 0 Å². The average Bonchev–Trinajstić information content (AvgIpc) is 2.59. The molecule has 0 radical (unpaired) electrons. The number of hydrogen-bond donors (Lipinski definition) is 0. The highest BCUT2D eigenvalue weighted by Crippen LogP contribution is 2.31. The fourth-order valence-corrected chi connectivity index (χ4v) is 2.53. The summed E-state index contributed by atoms with van der Waals surface area (Å²) in [7, 11) is 2.14. The number of rotatable bonds is 0. The summed E-state index contributed by atoms with van der Waals surface area (Å²) in [5.74, 6) is 0. The fourth-order valence-electron chi connectivity index (χ4n) is 2.53. The van der Waals surface area contributed by atoms with Crippen molar-refractivity contribution in [3.63, 3.8) is 0 Å². The molecule has 1 aromatic heterocycles. The van der Waals surface area contributed by atoms with Crippen LogP contribution in [0.1, 0.15) is 11.1 Å². The maximum Gasteiger partial charge on any atom is 0.0491 e. The van der Waals surface area contributed by atoms with Gasteiger partial charge in [-0.05, 0) is 37.1 Å². The monoisotopic (exact) mass is 209 g/mol. The Balaban J connectivity index is 2.68. The van der Waals surface area contributed by atoms with Crippen molar-refractivity contribution in [2.24, 2.45) is 7.05 Å². The van der Waals surface area contributed by atoms with Crippen molar-refractivity contribution in [1.82, 2.24) is 4.57 Å². The predicted octanol–water partition coefficient (Wildman–Crippen LogP) is 3.95. The highest BCUT2D eigenvalue weighted by Gasteiger charge is 2.10. The molecule has 3 aromatic rings. The lowest BCUT2D eigenvalue weighted by molar-refractivity contribution is 1.01. The van der Waals surface area contributed by atoms with Crippen molar-refractivity contribution in [3.05, 3.63) is 47.5 Å². The van der Waals surface area contributed by atoms with Gasteiger partial charge < -0.3 is 4.57 Å². The van der Waals surface area contributed by atoms with Crippen molar-refractivity contribution in [2.45, 2.75) is 13.8 Å². The number of benzene rings is 2. The van der Waals surface area contributed by atoms with Crippen molar-refractivity contribution in [1.29, 1.82) is 0 Å². The van der Waals surface area contributed by atoms with E-state index in [0.29, 0.717) is 0 Å². The molecule has 1 nitrogen and oxygen atoms in total. The molecule has 0 aliphatic carbocycles. The fraction of sp³-hybridized carbons (Fsp3) is 0.200. The van der Waals surface area contributed by atoms with Crippen LogP contribution in [0, 0.1) is 13.8 Å². The molecule has 0 aliphatic heterocycles. The van der Waals surface area contributed by atoms with E-state index >= 15 is 0 Å². The zero-order valence-electron chi connectivity index (χ0n) is 9.91. The molecule has 80 valence electrons. The normalized spacial score (nSPS) is 11.4. The topological polar surface area (TPSA) is 4.93 Å². The molecule has 0 N–H and O–H groups in total. The van der Waals surface area contributed by atoms with E-state index in [4.69, 9.17) is 0 Å². The van der Waals surface area contributed by atoms with Gasteiger partial charge in [0.15, 0.2) is 0 Å². The molecule has 0 amide bonds. The van der Waals surface area contributed by atoms with Crippen LogP contribution in [0.25, 0.3) is 21.8 Å². The van der Waals surface area contributed by atoms with E-state index in [9.17, 15) is 0 Å². The molecule has 0 aliphatic rings. The lowest BCUT2D eigenvalue weighted by Crippen LogP contribution is -1.87. The van der Waals surface area contributed by atoms with E-state index < -0.39 is 0 Å². The number of hydrogen-bond acceptors (Lipinski definition) is 0. The van der Waals surface area contributed by atoms with E-state index in [1.165, 1.54) is 32.9 Å². The van der Waals surface area contributed by atoms with Crippen molar-refractivity contribution in [3.8, 4) is 0 Å². The summed E-state index contributed by atoms with van der Waals surface area (Å²) in [6.07, 6.45) is 0. The summed E-state index contributed by atoms with van der Waals surface area (Å²) < 4.78 is 2.27. The predicted molar refractivity (Wildman–Crippen MR) is 69.9 cm³/mol. The maximum atomic E-state index is 2.27. The number of nitrogens with zero attached hydrogens (tertiary/aromatic N) is 1. The summed E-state index contributed by atoms with van der Waals surface area (Å²) in [5.41, 5.74) is 5.40. The lowest BCUT2D eigenvalue weighted by Gasteiger charge is -2.02. The van der Waals surface area contributed by atoms with E-state index in [1.54, 1.807) is 0 Å². The Bertz CT molecular complexity index is 689. The molecule has 0 saturated carbocycles. The first-order valence-corrected chi connectivity index (χ1v) is 5.63. The molecule has 1 heteroatoms. The first-order chi connectivity index (χ1) is 7.70. The minimum Gasteiger partial charge on any atom is -0.344 e. The van der Waals surface area contributed by atoms with Gasteiger partial charge in [0, 0.05) is 28.9 Å². The molecular weight excluding hydrogens is 194 g/mol. The van der Waals surface area contributed by atoms with Gasteiger partial charge in [0.05, 0.1) is 0 Å². The molecule has 0 bridgehead atoms. The van der Waals surface area contributed by atoms with Crippen LogP contribution in [0.2, 0.25) is 0 Å². The van der Waals surface area contributed by atoms with Crippen LogP contribution >= 0.6 is 0 Å². The molecule has 0 saturated heterocycles. The molecule has 3 rings (SSSR count). The van der Waals surface area contributed by atoms with Gasteiger partial charge in [0.25, 0.3) is 0 Å². The van der Waals surface area contributed by atoms with Crippen LogP contribution in [-0.2, 0) is 7.05 Å². The SMILES string of the molecule is Cc1ccc2c(c1C)c1ccccc1n2C. The standard InChI is InChI=1S/C15H15N/c1-10-8-9-14-15(11(10)2)12-6-4-5-7-13(12)16(14)3/h4-9H,1-3H3. The summed E-state index contributed by atoms with van der Waals surface area (Å²) in [6, 6.07) is 13.0. The summed E-state index contributed by atoms with van der Waals surface area (Å²) in [5, 5.41) is 2.76. The summed E-state index contributed by atoms with van der Waals surface area (Å²) >= 11 is 0. The van der Waals surface area contributed by atoms with Crippen LogP contribution < -0.4 is 0 Å². The number of fused-ring (bicyclic) bond motifs is 3. The Kier molecular flexibility index (Phi) is 1.84. The van der Waals surface area contributed by atoms with E-state index in [-0.39, 0.29) is 0 Å². The first kappa shape index (κ1) is 9.46. The second kappa shape index (κ2) is 3.11. The molecule has 2 aromatic carbocycles. The molecular formula is C15H15N. The lowest BCUT2D eigenvalue weighted by atomic mass is 10.0. The van der Waals surface area contributed by atoms with Crippen LogP contribution in [0.15, 0.2) is 36.4 Å². The Morgan fingerprint density at radius 2 is 1.62 bits per heavy atom. The van der Waals surface area contributed by atoms with E-state index in [0.717, 1.165) is 0 Å². The molecule has 0 atom stereocenters. The second-order valence-corrected chi connectivity index (χ2v) is 4.48. The number of para-hydroxylation sites is 1. The van der Waals surface area contributed by atoms with Gasteiger partial charge in [-0.1, -0.05) is 24.3 Å². The van der Waals surface area contributed by atoms with Gasteiger partial charge in [-0.3, -0.25) is 0 Å². The van der Waals surface area contributed by atoms with Gasteiger partial charge >= 0.3 is 0 Å². The highest BCUT2D eigenvalue weighted by molar-refractivity contribution is 6.09. The molecule has 1 heterocycles. The second-order valence-electron chi connectivity index (χ2n) is 4.48. The van der Waals surface area contributed by atoms with Crippen LogP contribution in [0.4, 0.5) is 0 Å². The van der Waals surface area contributed by atoms with Gasteiger partial charge in [-0.2, -0.15) is 0 Å². The quantitative estimate of drug-likeness (QED) is 0.528. The minimum absolute atomic E-state index is 1.31. The minimum atomic E-state index is 1.31. The zero-order valence-corrected chi connectivity index (χ0v) is 9.91. The Morgan fingerprint density at radius 1 is 0.875 bits per heavy atom. The number of aromatic nitrogens is 1. The maximum absolute atomic E-state index is 2.27. The van der Waals surface area contributed by atoms with Crippen molar-refractivity contribution >= 4 is 21.8 Å². The molecule has 0 spiro atoms. The average molecular weight is 209 g/mol. The highest BCUT2D eigenvalue weighted by atomic mass is 14.9. The van der Waals surface area contributed by atoms with Crippen LogP contribution in [0.3, 0.4) is 0 Å². The van der Waals surface area contributed by atoms with Gasteiger partial charge in [0.1, 0.15) is 0 Å². The third kappa shape index (κ3) is 1.06. The van der Waals surface area contributed by atoms with Gasteiger partial charge in [-0.25, -0.2) is 0 Å². The Labute approximate surface area is 95.3 Å². The van der Waals surface area contributed by atoms with Crippen LogP contribution in [0.5, 0.6) is 0 Å². The number of aryl methyl sites for hydroxylation is 3. The van der Waals surface area contributed by atoms with Gasteiger partial charge in [-0.15, -0.1) is 0 Å². The first-order valence-electron chi connectivity index (χ1n) is 5.63. The Morgan fingerprint density at radius 3 is 2.44 bits per heavy atom. The van der Waals surface area contributed by atoms with E-state index in [1.807, 2.05) is 0 Å². The third-order valence-corrected chi connectivity index (χ3v) is 3.61. The molecule has 0 fully saturated rings. The third-order valence-electron chi connectivity index (χ3n) is 3.61. The summed E-state index contributed by atoms with van der Waals surface area (Å²) in [4.78, 5) is 0. The van der Waals surface area contributed by atoms with E-state index in [2.05, 4.69) is 61.9 Å².